The average molecular weight is 266 g/mol. The van der Waals surface area contributed by atoms with Crippen LogP contribution in [0.4, 0.5) is 14.5 Å². The van der Waals surface area contributed by atoms with Crippen molar-refractivity contribution in [1.29, 1.82) is 0 Å². The number of hydrogen-bond donors (Lipinski definition) is 1. The van der Waals surface area contributed by atoms with E-state index >= 15 is 0 Å². The number of aromatic nitrogens is 1. The Bertz CT molecular complexity index is 577. The van der Waals surface area contributed by atoms with Gasteiger partial charge in [-0.05, 0) is 30.7 Å². The Morgan fingerprint density at radius 1 is 1.26 bits per heavy atom. The van der Waals surface area contributed by atoms with E-state index < -0.39 is 6.61 Å². The third kappa shape index (κ3) is 3.31. The van der Waals surface area contributed by atoms with Crippen LogP contribution in [0.25, 0.3) is 12.2 Å². The summed E-state index contributed by atoms with van der Waals surface area (Å²) in [5.74, 6) is 0.671. The number of rotatable bonds is 4. The number of nitrogens with two attached hydrogens (primary N) is 1. The number of anilines is 1. The van der Waals surface area contributed by atoms with E-state index in [1.807, 2.05) is 0 Å². The zero-order valence-electron chi connectivity index (χ0n) is 10.1. The van der Waals surface area contributed by atoms with E-state index in [9.17, 15) is 8.78 Å². The molecule has 0 spiro atoms. The fourth-order valence-corrected chi connectivity index (χ4v) is 1.45. The maximum absolute atomic E-state index is 12.0. The summed E-state index contributed by atoms with van der Waals surface area (Å²) >= 11 is 0. The van der Waals surface area contributed by atoms with Crippen LogP contribution in [0.15, 0.2) is 28.8 Å². The molecule has 0 unspecified atom stereocenters. The predicted octanol–water partition coefficient (Wildman–Crippen LogP) is 3.34. The van der Waals surface area contributed by atoms with E-state index in [0.29, 0.717) is 17.1 Å². The van der Waals surface area contributed by atoms with E-state index in [-0.39, 0.29) is 5.75 Å². The number of ether oxygens (including phenoxy) is 1. The molecule has 2 rings (SSSR count). The summed E-state index contributed by atoms with van der Waals surface area (Å²) in [6, 6.07) is 6.22. The number of benzene rings is 1. The van der Waals surface area contributed by atoms with Gasteiger partial charge in [-0.15, -0.1) is 0 Å². The highest BCUT2D eigenvalue weighted by molar-refractivity contribution is 5.74. The zero-order valence-corrected chi connectivity index (χ0v) is 10.1. The minimum absolute atomic E-state index is 0.115. The SMILES string of the molecule is Cc1onc(/C=C/c2ccc(OC(F)F)cc2)c1N. The average Bonchev–Trinajstić information content (AvgIpc) is 2.69. The summed E-state index contributed by atoms with van der Waals surface area (Å²) < 4.78 is 33.1. The van der Waals surface area contributed by atoms with Gasteiger partial charge in [-0.2, -0.15) is 8.78 Å². The molecule has 4 nitrogen and oxygen atoms in total. The Labute approximate surface area is 108 Å². The smallest absolute Gasteiger partial charge is 0.387 e. The second-order valence-electron chi connectivity index (χ2n) is 3.82. The molecule has 0 fully saturated rings. The van der Waals surface area contributed by atoms with Crippen molar-refractivity contribution in [3.8, 4) is 5.75 Å². The van der Waals surface area contributed by atoms with Crippen LogP contribution in [0.1, 0.15) is 17.0 Å². The van der Waals surface area contributed by atoms with Crippen LogP contribution in [0.3, 0.4) is 0 Å². The van der Waals surface area contributed by atoms with E-state index in [1.54, 1.807) is 31.2 Å². The van der Waals surface area contributed by atoms with Gasteiger partial charge in [-0.1, -0.05) is 23.4 Å². The van der Waals surface area contributed by atoms with Gasteiger partial charge in [0.15, 0.2) is 5.76 Å². The molecular weight excluding hydrogens is 254 g/mol. The van der Waals surface area contributed by atoms with Gasteiger partial charge in [-0.3, -0.25) is 0 Å². The molecule has 0 amide bonds. The van der Waals surface area contributed by atoms with Crippen LogP contribution in [0.2, 0.25) is 0 Å². The van der Waals surface area contributed by atoms with Gasteiger partial charge < -0.3 is 15.0 Å². The van der Waals surface area contributed by atoms with E-state index in [4.69, 9.17) is 10.3 Å². The van der Waals surface area contributed by atoms with Gasteiger partial charge in [0, 0.05) is 0 Å². The minimum atomic E-state index is -2.82. The van der Waals surface area contributed by atoms with Gasteiger partial charge >= 0.3 is 6.61 Å². The molecule has 0 saturated carbocycles. The summed E-state index contributed by atoms with van der Waals surface area (Å²) in [6.45, 7) is -1.10. The zero-order chi connectivity index (χ0) is 13.8. The molecule has 0 aliphatic carbocycles. The summed E-state index contributed by atoms with van der Waals surface area (Å²) in [4.78, 5) is 0. The third-order valence-electron chi connectivity index (χ3n) is 2.48. The van der Waals surface area contributed by atoms with Crippen LogP contribution in [0, 0.1) is 6.92 Å². The maximum Gasteiger partial charge on any atom is 0.387 e. The monoisotopic (exact) mass is 266 g/mol. The van der Waals surface area contributed by atoms with Crippen molar-refractivity contribution in [2.24, 2.45) is 0 Å². The minimum Gasteiger partial charge on any atom is -0.435 e. The largest absolute Gasteiger partial charge is 0.435 e. The molecule has 2 aromatic rings. The molecule has 1 heterocycles. The molecule has 1 aromatic carbocycles. The van der Waals surface area contributed by atoms with Crippen LogP contribution < -0.4 is 10.5 Å². The first-order valence-corrected chi connectivity index (χ1v) is 5.51. The van der Waals surface area contributed by atoms with Crippen molar-refractivity contribution in [3.05, 3.63) is 41.3 Å². The first-order valence-electron chi connectivity index (χ1n) is 5.51. The highest BCUT2D eigenvalue weighted by atomic mass is 19.3. The lowest BCUT2D eigenvalue weighted by Crippen LogP contribution is -2.01. The highest BCUT2D eigenvalue weighted by Crippen LogP contribution is 2.19. The van der Waals surface area contributed by atoms with E-state index in [2.05, 4.69) is 9.89 Å². The molecule has 0 saturated heterocycles. The normalized spacial score (nSPS) is 11.4. The first-order chi connectivity index (χ1) is 9.06. The topological polar surface area (TPSA) is 61.3 Å². The number of nitrogen functional groups attached to an aromatic ring is 1. The lowest BCUT2D eigenvalue weighted by atomic mass is 10.2. The molecule has 100 valence electrons. The lowest BCUT2D eigenvalue weighted by Gasteiger charge is -2.03. The standard InChI is InChI=1S/C13H12F2N2O2/c1-8-12(16)11(17-19-8)7-4-9-2-5-10(6-3-9)18-13(14)15/h2-7,13H,16H2,1H3/b7-4+. The summed E-state index contributed by atoms with van der Waals surface area (Å²) in [6.07, 6.45) is 3.44. The maximum atomic E-state index is 12.0. The molecule has 6 heteroatoms. The Hall–Kier alpha value is -2.37. The second-order valence-corrected chi connectivity index (χ2v) is 3.82. The van der Waals surface area contributed by atoms with Crippen molar-refractivity contribution in [2.45, 2.75) is 13.5 Å². The fraction of sp³-hybridized carbons (Fsp3) is 0.154. The molecule has 0 aliphatic heterocycles. The molecule has 19 heavy (non-hydrogen) atoms. The number of aryl methyl sites for hydroxylation is 1. The van der Waals surface area contributed by atoms with Gasteiger partial charge in [0.25, 0.3) is 0 Å². The summed E-state index contributed by atoms with van der Waals surface area (Å²) in [5.41, 5.74) is 7.56. The van der Waals surface area contributed by atoms with E-state index in [0.717, 1.165) is 5.56 Å². The predicted molar refractivity (Wildman–Crippen MR) is 67.7 cm³/mol. The van der Waals surface area contributed by atoms with Gasteiger partial charge in [0.1, 0.15) is 17.1 Å². The molecule has 2 N–H and O–H groups in total. The van der Waals surface area contributed by atoms with Crippen LogP contribution >= 0.6 is 0 Å². The van der Waals surface area contributed by atoms with Crippen molar-refractivity contribution >= 4 is 17.8 Å². The van der Waals surface area contributed by atoms with Crippen molar-refractivity contribution < 1.29 is 18.0 Å². The van der Waals surface area contributed by atoms with Gasteiger partial charge in [0.2, 0.25) is 0 Å². The van der Waals surface area contributed by atoms with Crippen LogP contribution in [0.5, 0.6) is 5.75 Å². The number of alkyl halides is 2. The Kier molecular flexibility index (Phi) is 3.79. The van der Waals surface area contributed by atoms with Gasteiger partial charge in [-0.25, -0.2) is 0 Å². The number of halogens is 2. The fourth-order valence-electron chi connectivity index (χ4n) is 1.45. The van der Waals surface area contributed by atoms with Crippen molar-refractivity contribution in [3.63, 3.8) is 0 Å². The highest BCUT2D eigenvalue weighted by Gasteiger charge is 2.05. The summed E-state index contributed by atoms with van der Waals surface area (Å²) in [7, 11) is 0. The Morgan fingerprint density at radius 3 is 2.47 bits per heavy atom. The van der Waals surface area contributed by atoms with Gasteiger partial charge in [0.05, 0.1) is 0 Å². The quantitative estimate of drug-likeness (QED) is 0.921. The first kappa shape index (κ1) is 13.1. The second kappa shape index (κ2) is 5.51. The van der Waals surface area contributed by atoms with Crippen LogP contribution in [-0.4, -0.2) is 11.8 Å². The van der Waals surface area contributed by atoms with E-state index in [1.165, 1.54) is 12.1 Å². The molecule has 0 radical (unpaired) electrons. The van der Waals surface area contributed by atoms with Crippen molar-refractivity contribution in [2.75, 3.05) is 5.73 Å². The van der Waals surface area contributed by atoms with Crippen LogP contribution in [-0.2, 0) is 0 Å². The lowest BCUT2D eigenvalue weighted by molar-refractivity contribution is -0.0498. The number of nitrogens with zero attached hydrogens (tertiary/aromatic N) is 1. The molecular formula is C13H12F2N2O2. The molecule has 0 bridgehead atoms. The van der Waals surface area contributed by atoms with Crippen molar-refractivity contribution in [1.82, 2.24) is 5.16 Å². The Balaban J connectivity index is 2.09. The molecule has 1 aromatic heterocycles. The number of hydrogen-bond acceptors (Lipinski definition) is 4. The molecule has 0 aliphatic rings. The Morgan fingerprint density at radius 2 is 1.95 bits per heavy atom. The molecule has 0 atom stereocenters. The third-order valence-corrected chi connectivity index (χ3v) is 2.48. The summed E-state index contributed by atoms with van der Waals surface area (Å²) in [5, 5.41) is 3.78.